The van der Waals surface area contributed by atoms with Gasteiger partial charge < -0.3 is 10.1 Å². The highest BCUT2D eigenvalue weighted by Crippen LogP contribution is 2.42. The number of carbonyl (C=O) groups excluding carboxylic acids is 1. The van der Waals surface area contributed by atoms with Crippen molar-refractivity contribution in [3.63, 3.8) is 0 Å². The van der Waals surface area contributed by atoms with Crippen molar-refractivity contribution in [3.05, 3.63) is 12.7 Å². The first-order chi connectivity index (χ1) is 11.8. The molecule has 2 saturated heterocycles. The molecule has 0 spiro atoms. The van der Waals surface area contributed by atoms with Gasteiger partial charge in [0.15, 0.2) is 0 Å². The van der Waals surface area contributed by atoms with Gasteiger partial charge in [-0.3, -0.25) is 14.4 Å². The number of likely N-dealkylation sites (tertiary alicyclic amines) is 1. The number of aryl methyl sites for hydroxylation is 1. The molecule has 1 saturated carbocycles. The van der Waals surface area contributed by atoms with Crippen LogP contribution in [0.1, 0.15) is 32.1 Å². The molecule has 1 aromatic rings. The third-order valence-electron chi connectivity index (χ3n) is 5.71. The maximum atomic E-state index is 12.4. The van der Waals surface area contributed by atoms with Gasteiger partial charge in [0.25, 0.3) is 0 Å². The Morgan fingerprint density at radius 2 is 2.04 bits per heavy atom. The number of nitrogens with zero attached hydrogens (tertiary/aromatic N) is 4. The lowest BCUT2D eigenvalue weighted by Crippen LogP contribution is -2.43. The Morgan fingerprint density at radius 3 is 2.75 bits per heavy atom. The minimum atomic E-state index is 0.134. The van der Waals surface area contributed by atoms with Gasteiger partial charge in [0.2, 0.25) is 5.91 Å². The lowest BCUT2D eigenvalue weighted by molar-refractivity contribution is -0.122. The summed E-state index contributed by atoms with van der Waals surface area (Å²) < 4.78 is 7.20. The molecule has 3 aliphatic rings. The fourth-order valence-electron chi connectivity index (χ4n) is 4.21. The lowest BCUT2D eigenvalue weighted by atomic mass is 9.98. The number of aromatic nitrogens is 3. The van der Waals surface area contributed by atoms with E-state index in [9.17, 15) is 4.79 Å². The summed E-state index contributed by atoms with van der Waals surface area (Å²) in [6.07, 6.45) is 8.55. The maximum Gasteiger partial charge on any atom is 0.222 e. The number of nitrogens with one attached hydrogen (secondary N) is 1. The zero-order chi connectivity index (χ0) is 16.4. The molecule has 24 heavy (non-hydrogen) atoms. The monoisotopic (exact) mass is 333 g/mol. The number of amides is 1. The van der Waals surface area contributed by atoms with Crippen LogP contribution in [-0.2, 0) is 16.1 Å². The molecule has 1 N–H and O–H groups in total. The van der Waals surface area contributed by atoms with Crippen LogP contribution >= 0.6 is 0 Å². The van der Waals surface area contributed by atoms with Crippen molar-refractivity contribution < 1.29 is 9.53 Å². The Kier molecular flexibility index (Phi) is 4.80. The van der Waals surface area contributed by atoms with Crippen molar-refractivity contribution in [3.8, 4) is 0 Å². The van der Waals surface area contributed by atoms with E-state index < -0.39 is 0 Å². The van der Waals surface area contributed by atoms with Gasteiger partial charge in [-0.05, 0) is 37.5 Å². The SMILES string of the molecule is O=C(CCn1cncn1)N[C@H]1CN(C2CCOCC2)C[C@@H]1C1CC1. The van der Waals surface area contributed by atoms with Gasteiger partial charge in [0.05, 0.1) is 6.54 Å². The molecular weight excluding hydrogens is 306 g/mol. The molecule has 3 heterocycles. The molecule has 0 unspecified atom stereocenters. The molecule has 0 bridgehead atoms. The third kappa shape index (κ3) is 3.78. The van der Waals surface area contributed by atoms with E-state index in [2.05, 4.69) is 20.3 Å². The highest BCUT2D eigenvalue weighted by atomic mass is 16.5. The van der Waals surface area contributed by atoms with E-state index in [0.717, 1.165) is 45.1 Å². The van der Waals surface area contributed by atoms with Gasteiger partial charge in [0, 0.05) is 44.8 Å². The van der Waals surface area contributed by atoms with Crippen molar-refractivity contribution in [2.45, 2.75) is 50.7 Å². The molecule has 132 valence electrons. The third-order valence-corrected chi connectivity index (χ3v) is 5.71. The minimum absolute atomic E-state index is 0.134. The maximum absolute atomic E-state index is 12.4. The quantitative estimate of drug-likeness (QED) is 0.829. The standard InChI is InChI=1S/C17H27N5O2/c23-17(3-6-22-12-18-11-19-22)20-16-10-21(9-15(16)13-1-2-13)14-4-7-24-8-5-14/h11-16H,1-10H2,(H,20,23)/t15-,16+/m1/s1. The minimum Gasteiger partial charge on any atom is -0.381 e. The molecule has 4 rings (SSSR count). The van der Waals surface area contributed by atoms with Crippen molar-refractivity contribution >= 4 is 5.91 Å². The summed E-state index contributed by atoms with van der Waals surface area (Å²) in [7, 11) is 0. The van der Waals surface area contributed by atoms with Gasteiger partial charge in [0.1, 0.15) is 12.7 Å². The van der Waals surface area contributed by atoms with Gasteiger partial charge in [-0.2, -0.15) is 5.10 Å². The van der Waals surface area contributed by atoms with Crippen molar-refractivity contribution in [1.29, 1.82) is 0 Å². The first-order valence-electron chi connectivity index (χ1n) is 9.23. The molecule has 1 aliphatic carbocycles. The molecule has 1 aromatic heterocycles. The number of ether oxygens (including phenoxy) is 1. The number of carbonyl (C=O) groups is 1. The Labute approximate surface area is 142 Å². The summed E-state index contributed by atoms with van der Waals surface area (Å²) in [6, 6.07) is 0.945. The molecule has 2 aliphatic heterocycles. The number of hydrogen-bond donors (Lipinski definition) is 1. The Balaban J connectivity index is 1.31. The van der Waals surface area contributed by atoms with E-state index in [4.69, 9.17) is 4.74 Å². The highest BCUT2D eigenvalue weighted by Gasteiger charge is 2.44. The molecule has 0 aromatic carbocycles. The van der Waals surface area contributed by atoms with Crippen molar-refractivity contribution in [2.75, 3.05) is 26.3 Å². The first kappa shape index (κ1) is 16.0. The van der Waals surface area contributed by atoms with Crippen LogP contribution in [0, 0.1) is 11.8 Å². The first-order valence-corrected chi connectivity index (χ1v) is 9.23. The number of hydrogen-bond acceptors (Lipinski definition) is 5. The number of rotatable bonds is 6. The fraction of sp³-hybridized carbons (Fsp3) is 0.824. The van der Waals surface area contributed by atoms with Crippen LogP contribution in [0.2, 0.25) is 0 Å². The summed E-state index contributed by atoms with van der Waals surface area (Å²) in [5.41, 5.74) is 0. The zero-order valence-corrected chi connectivity index (χ0v) is 14.1. The van der Waals surface area contributed by atoms with Crippen LogP contribution in [0.5, 0.6) is 0 Å². The Hall–Kier alpha value is -1.47. The summed E-state index contributed by atoms with van der Waals surface area (Å²) in [5, 5.41) is 7.36. The van der Waals surface area contributed by atoms with Crippen LogP contribution in [0.25, 0.3) is 0 Å². The topological polar surface area (TPSA) is 72.3 Å². The van der Waals surface area contributed by atoms with Gasteiger partial charge >= 0.3 is 0 Å². The molecule has 7 nitrogen and oxygen atoms in total. The van der Waals surface area contributed by atoms with Crippen LogP contribution in [0.4, 0.5) is 0 Å². The molecule has 1 amide bonds. The van der Waals surface area contributed by atoms with Crippen molar-refractivity contribution in [1.82, 2.24) is 25.0 Å². The van der Waals surface area contributed by atoms with Crippen molar-refractivity contribution in [2.24, 2.45) is 11.8 Å². The second kappa shape index (κ2) is 7.19. The van der Waals surface area contributed by atoms with E-state index in [-0.39, 0.29) is 5.91 Å². The molecule has 2 atom stereocenters. The predicted octanol–water partition coefficient (Wildman–Crippen LogP) is 0.674. The average molecular weight is 333 g/mol. The summed E-state index contributed by atoms with van der Waals surface area (Å²) in [5.74, 6) is 1.58. The van der Waals surface area contributed by atoms with Gasteiger partial charge in [-0.25, -0.2) is 4.98 Å². The van der Waals surface area contributed by atoms with Crippen LogP contribution < -0.4 is 5.32 Å². The van der Waals surface area contributed by atoms with Gasteiger partial charge in [-0.15, -0.1) is 0 Å². The van der Waals surface area contributed by atoms with E-state index in [1.54, 1.807) is 11.0 Å². The second-order valence-corrected chi connectivity index (χ2v) is 7.38. The molecule has 3 fully saturated rings. The normalized spacial score (nSPS) is 29.0. The van der Waals surface area contributed by atoms with E-state index >= 15 is 0 Å². The van der Waals surface area contributed by atoms with Crippen LogP contribution in [0.3, 0.4) is 0 Å². The zero-order valence-electron chi connectivity index (χ0n) is 14.1. The highest BCUT2D eigenvalue weighted by molar-refractivity contribution is 5.76. The average Bonchev–Trinajstić information content (AvgIpc) is 3.16. The smallest absolute Gasteiger partial charge is 0.222 e. The largest absolute Gasteiger partial charge is 0.381 e. The fourth-order valence-corrected chi connectivity index (χ4v) is 4.21. The van der Waals surface area contributed by atoms with Gasteiger partial charge in [-0.1, -0.05) is 0 Å². The van der Waals surface area contributed by atoms with Crippen LogP contribution in [-0.4, -0.2) is 64.0 Å². The lowest BCUT2D eigenvalue weighted by Gasteiger charge is -2.31. The van der Waals surface area contributed by atoms with E-state index in [0.29, 0.717) is 31.0 Å². The summed E-state index contributed by atoms with van der Waals surface area (Å²) >= 11 is 0. The predicted molar refractivity (Wildman–Crippen MR) is 88.2 cm³/mol. The molecule has 0 radical (unpaired) electrons. The molecule has 7 heteroatoms. The summed E-state index contributed by atoms with van der Waals surface area (Å²) in [6.45, 7) is 4.50. The summed E-state index contributed by atoms with van der Waals surface area (Å²) in [4.78, 5) is 18.9. The van der Waals surface area contributed by atoms with Crippen LogP contribution in [0.15, 0.2) is 12.7 Å². The Morgan fingerprint density at radius 1 is 1.21 bits per heavy atom. The second-order valence-electron chi connectivity index (χ2n) is 7.38. The van der Waals surface area contributed by atoms with E-state index in [1.807, 2.05) is 0 Å². The van der Waals surface area contributed by atoms with E-state index in [1.165, 1.54) is 19.2 Å². The Bertz CT molecular complexity index is 539. The molecular formula is C17H27N5O2.